The molecule has 1 aliphatic rings. The highest BCUT2D eigenvalue weighted by Crippen LogP contribution is 2.44. The zero-order valence-corrected chi connectivity index (χ0v) is 10.7. The van der Waals surface area contributed by atoms with E-state index in [1.165, 1.54) is 0 Å². The van der Waals surface area contributed by atoms with Gasteiger partial charge in [0.15, 0.2) is 0 Å². The quantitative estimate of drug-likeness (QED) is 0.897. The Bertz CT molecular complexity index is 644. The molecule has 1 saturated carbocycles. The van der Waals surface area contributed by atoms with Crippen LogP contribution in [-0.4, -0.2) is 16.1 Å². The standard InChI is InChI=1S/C14H16N4/c1-10-17-12-7-11(3-4-13(12)18(10)2)16-9-14(8-15)5-6-14/h3-4,7,16H,5-6,9H2,1-2H3. The predicted molar refractivity (Wildman–Crippen MR) is 71.2 cm³/mol. The van der Waals surface area contributed by atoms with Crippen molar-refractivity contribution in [2.75, 3.05) is 11.9 Å². The third-order valence-electron chi connectivity index (χ3n) is 3.83. The average molecular weight is 240 g/mol. The summed E-state index contributed by atoms with van der Waals surface area (Å²) in [7, 11) is 2.02. The molecule has 0 saturated heterocycles. The lowest BCUT2D eigenvalue weighted by Crippen LogP contribution is -2.13. The fourth-order valence-electron chi connectivity index (χ4n) is 2.18. The second-order valence-electron chi connectivity index (χ2n) is 5.17. The molecule has 1 aliphatic carbocycles. The number of fused-ring (bicyclic) bond motifs is 1. The van der Waals surface area contributed by atoms with Gasteiger partial charge in [0.25, 0.3) is 0 Å². The van der Waals surface area contributed by atoms with Gasteiger partial charge in [-0.25, -0.2) is 4.98 Å². The van der Waals surface area contributed by atoms with Gasteiger partial charge in [-0.05, 0) is 38.0 Å². The average Bonchev–Trinajstić information content (AvgIpc) is 3.11. The lowest BCUT2D eigenvalue weighted by molar-refractivity contribution is 0.711. The van der Waals surface area contributed by atoms with E-state index in [2.05, 4.69) is 39.1 Å². The van der Waals surface area contributed by atoms with Crippen molar-refractivity contribution in [1.82, 2.24) is 9.55 Å². The van der Waals surface area contributed by atoms with Gasteiger partial charge >= 0.3 is 0 Å². The number of rotatable bonds is 3. The van der Waals surface area contributed by atoms with Crippen molar-refractivity contribution in [3.05, 3.63) is 24.0 Å². The van der Waals surface area contributed by atoms with Crippen molar-refractivity contribution in [3.8, 4) is 6.07 Å². The van der Waals surface area contributed by atoms with Gasteiger partial charge in [0.05, 0.1) is 22.5 Å². The number of nitriles is 1. The van der Waals surface area contributed by atoms with Crippen LogP contribution in [-0.2, 0) is 7.05 Å². The number of imidazole rings is 1. The predicted octanol–water partition coefficient (Wildman–Crippen LogP) is 2.60. The van der Waals surface area contributed by atoms with E-state index in [9.17, 15) is 0 Å². The lowest BCUT2D eigenvalue weighted by Gasteiger charge is -2.09. The van der Waals surface area contributed by atoms with E-state index in [0.29, 0.717) is 0 Å². The molecule has 0 aliphatic heterocycles. The fraction of sp³-hybridized carbons (Fsp3) is 0.429. The van der Waals surface area contributed by atoms with Gasteiger partial charge in [0.1, 0.15) is 5.82 Å². The molecule has 1 aromatic carbocycles. The van der Waals surface area contributed by atoms with Crippen LogP contribution in [0.15, 0.2) is 18.2 Å². The Balaban J connectivity index is 1.83. The first kappa shape index (κ1) is 11.1. The molecule has 3 rings (SSSR count). The van der Waals surface area contributed by atoms with E-state index >= 15 is 0 Å². The van der Waals surface area contributed by atoms with Crippen LogP contribution in [0.25, 0.3) is 11.0 Å². The molecule has 2 aromatic rings. The number of hydrogen-bond donors (Lipinski definition) is 1. The van der Waals surface area contributed by atoms with Crippen molar-refractivity contribution in [3.63, 3.8) is 0 Å². The minimum atomic E-state index is -0.116. The molecule has 18 heavy (non-hydrogen) atoms. The molecule has 1 heterocycles. The number of anilines is 1. The Morgan fingerprint density at radius 3 is 2.94 bits per heavy atom. The van der Waals surface area contributed by atoms with Crippen molar-refractivity contribution < 1.29 is 0 Å². The Kier molecular flexibility index (Phi) is 2.30. The van der Waals surface area contributed by atoms with Gasteiger partial charge < -0.3 is 9.88 Å². The first-order valence-corrected chi connectivity index (χ1v) is 6.22. The van der Waals surface area contributed by atoms with E-state index in [4.69, 9.17) is 5.26 Å². The lowest BCUT2D eigenvalue weighted by atomic mass is 10.1. The normalized spacial score (nSPS) is 16.5. The molecule has 1 aromatic heterocycles. The van der Waals surface area contributed by atoms with Crippen molar-refractivity contribution in [2.45, 2.75) is 19.8 Å². The zero-order valence-electron chi connectivity index (χ0n) is 10.7. The number of benzene rings is 1. The summed E-state index contributed by atoms with van der Waals surface area (Å²) >= 11 is 0. The highest BCUT2D eigenvalue weighted by atomic mass is 15.1. The monoisotopic (exact) mass is 240 g/mol. The summed E-state index contributed by atoms with van der Waals surface area (Å²) in [6, 6.07) is 8.57. The highest BCUT2D eigenvalue weighted by Gasteiger charge is 2.42. The second kappa shape index (κ2) is 3.74. The number of hydrogen-bond acceptors (Lipinski definition) is 3. The minimum Gasteiger partial charge on any atom is -0.383 e. The first-order valence-electron chi connectivity index (χ1n) is 6.22. The Morgan fingerprint density at radius 1 is 1.50 bits per heavy atom. The molecule has 0 bridgehead atoms. The van der Waals surface area contributed by atoms with Crippen LogP contribution in [0.3, 0.4) is 0 Å². The second-order valence-corrected chi connectivity index (χ2v) is 5.17. The number of aryl methyl sites for hydroxylation is 2. The van der Waals surface area contributed by atoms with E-state index in [1.54, 1.807) is 0 Å². The minimum absolute atomic E-state index is 0.116. The summed E-state index contributed by atoms with van der Waals surface area (Å²) in [6.07, 6.45) is 2.03. The first-order chi connectivity index (χ1) is 8.63. The number of nitrogens with zero attached hydrogens (tertiary/aromatic N) is 3. The summed E-state index contributed by atoms with van der Waals surface area (Å²) in [5.74, 6) is 1.01. The van der Waals surface area contributed by atoms with Gasteiger partial charge in [0.2, 0.25) is 0 Å². The van der Waals surface area contributed by atoms with E-state index in [1.807, 2.05) is 14.0 Å². The molecule has 4 heteroatoms. The van der Waals surface area contributed by atoms with Gasteiger partial charge in [-0.1, -0.05) is 0 Å². The molecule has 0 unspecified atom stereocenters. The van der Waals surface area contributed by atoms with Crippen molar-refractivity contribution in [2.24, 2.45) is 12.5 Å². The Morgan fingerprint density at radius 2 is 2.28 bits per heavy atom. The molecular formula is C14H16N4. The van der Waals surface area contributed by atoms with Crippen LogP contribution in [0.2, 0.25) is 0 Å². The Labute approximate surface area is 106 Å². The molecule has 4 nitrogen and oxygen atoms in total. The maximum absolute atomic E-state index is 9.04. The fourth-order valence-corrected chi connectivity index (χ4v) is 2.18. The smallest absolute Gasteiger partial charge is 0.106 e. The van der Waals surface area contributed by atoms with Gasteiger partial charge in [-0.2, -0.15) is 5.26 Å². The molecule has 0 atom stereocenters. The highest BCUT2D eigenvalue weighted by molar-refractivity contribution is 5.80. The van der Waals surface area contributed by atoms with Crippen molar-refractivity contribution in [1.29, 1.82) is 5.26 Å². The largest absolute Gasteiger partial charge is 0.383 e. The number of aromatic nitrogens is 2. The molecule has 0 amide bonds. The van der Waals surface area contributed by atoms with Crippen LogP contribution in [0, 0.1) is 23.7 Å². The van der Waals surface area contributed by atoms with Gasteiger partial charge in [-0.3, -0.25) is 0 Å². The SMILES string of the molecule is Cc1nc2cc(NCC3(C#N)CC3)ccc2n1C. The molecule has 92 valence electrons. The van der Waals surface area contributed by atoms with Crippen LogP contribution in [0.5, 0.6) is 0 Å². The van der Waals surface area contributed by atoms with Crippen LogP contribution >= 0.6 is 0 Å². The van der Waals surface area contributed by atoms with Crippen LogP contribution < -0.4 is 5.32 Å². The summed E-state index contributed by atoms with van der Waals surface area (Å²) in [4.78, 5) is 4.51. The van der Waals surface area contributed by atoms with E-state index in [-0.39, 0.29) is 5.41 Å². The van der Waals surface area contributed by atoms with E-state index < -0.39 is 0 Å². The van der Waals surface area contributed by atoms with Crippen LogP contribution in [0.1, 0.15) is 18.7 Å². The summed E-state index contributed by atoms with van der Waals surface area (Å²) in [5.41, 5.74) is 3.07. The molecular weight excluding hydrogens is 224 g/mol. The summed E-state index contributed by atoms with van der Waals surface area (Å²) in [5, 5.41) is 12.4. The summed E-state index contributed by atoms with van der Waals surface area (Å²) < 4.78 is 2.08. The topological polar surface area (TPSA) is 53.6 Å². The third-order valence-corrected chi connectivity index (χ3v) is 3.83. The zero-order chi connectivity index (χ0) is 12.8. The van der Waals surface area contributed by atoms with Gasteiger partial charge in [0, 0.05) is 19.3 Å². The Hall–Kier alpha value is -2.02. The molecule has 0 radical (unpaired) electrons. The third kappa shape index (κ3) is 1.72. The van der Waals surface area contributed by atoms with Crippen molar-refractivity contribution >= 4 is 16.7 Å². The van der Waals surface area contributed by atoms with E-state index in [0.717, 1.165) is 41.9 Å². The molecule has 1 N–H and O–H groups in total. The number of nitrogens with one attached hydrogen (secondary N) is 1. The molecule has 0 spiro atoms. The van der Waals surface area contributed by atoms with Crippen LogP contribution in [0.4, 0.5) is 5.69 Å². The van der Waals surface area contributed by atoms with Gasteiger partial charge in [-0.15, -0.1) is 0 Å². The maximum atomic E-state index is 9.04. The maximum Gasteiger partial charge on any atom is 0.106 e. The molecule has 1 fully saturated rings. The summed E-state index contributed by atoms with van der Waals surface area (Å²) in [6.45, 7) is 2.74.